The SMILES string of the molecule is COc1cc(NC(=O)CC2CC3CCC2C3)c(C(=O)N2CCCCC2)cc1OC. The largest absolute Gasteiger partial charge is 0.493 e. The Kier molecular flexibility index (Phi) is 5.97. The molecule has 1 aromatic carbocycles. The maximum absolute atomic E-state index is 13.2. The Labute approximate surface area is 172 Å². The number of methoxy groups -OCH3 is 2. The van der Waals surface area contributed by atoms with Gasteiger partial charge in [0.15, 0.2) is 11.5 Å². The van der Waals surface area contributed by atoms with Gasteiger partial charge in [0.05, 0.1) is 25.5 Å². The van der Waals surface area contributed by atoms with Gasteiger partial charge in [0.2, 0.25) is 5.91 Å². The first-order valence-electron chi connectivity index (χ1n) is 10.9. The van der Waals surface area contributed by atoms with Crippen LogP contribution in [0.1, 0.15) is 61.7 Å². The van der Waals surface area contributed by atoms with Crippen LogP contribution >= 0.6 is 0 Å². The third-order valence-electron chi connectivity index (χ3n) is 7.00. The Morgan fingerprint density at radius 1 is 1.03 bits per heavy atom. The highest BCUT2D eigenvalue weighted by Crippen LogP contribution is 2.49. The zero-order valence-electron chi connectivity index (χ0n) is 17.5. The number of ether oxygens (including phenoxy) is 2. The van der Waals surface area contributed by atoms with E-state index in [0.29, 0.717) is 41.0 Å². The van der Waals surface area contributed by atoms with E-state index in [1.807, 2.05) is 4.90 Å². The number of anilines is 1. The van der Waals surface area contributed by atoms with Crippen LogP contribution in [-0.4, -0.2) is 44.0 Å². The van der Waals surface area contributed by atoms with Gasteiger partial charge in [-0.05, 0) is 62.3 Å². The molecule has 1 heterocycles. The van der Waals surface area contributed by atoms with Crippen molar-refractivity contribution < 1.29 is 19.1 Å². The molecule has 2 saturated carbocycles. The Hall–Kier alpha value is -2.24. The first kappa shape index (κ1) is 20.0. The summed E-state index contributed by atoms with van der Waals surface area (Å²) < 4.78 is 10.8. The minimum Gasteiger partial charge on any atom is -0.493 e. The summed E-state index contributed by atoms with van der Waals surface area (Å²) in [5.74, 6) is 2.94. The van der Waals surface area contributed by atoms with E-state index in [9.17, 15) is 9.59 Å². The van der Waals surface area contributed by atoms with Crippen molar-refractivity contribution in [3.63, 3.8) is 0 Å². The highest BCUT2D eigenvalue weighted by Gasteiger charge is 2.40. The van der Waals surface area contributed by atoms with Crippen LogP contribution in [0.15, 0.2) is 12.1 Å². The molecule has 3 atom stereocenters. The van der Waals surface area contributed by atoms with Crippen LogP contribution in [0.4, 0.5) is 5.69 Å². The molecule has 6 nitrogen and oxygen atoms in total. The zero-order valence-corrected chi connectivity index (χ0v) is 17.5. The van der Waals surface area contributed by atoms with Crippen molar-refractivity contribution >= 4 is 17.5 Å². The van der Waals surface area contributed by atoms with E-state index in [1.165, 1.54) is 25.7 Å². The van der Waals surface area contributed by atoms with Crippen LogP contribution < -0.4 is 14.8 Å². The molecule has 0 radical (unpaired) electrons. The number of fused-ring (bicyclic) bond motifs is 2. The number of benzene rings is 1. The van der Waals surface area contributed by atoms with Crippen molar-refractivity contribution in [3.05, 3.63) is 17.7 Å². The summed E-state index contributed by atoms with van der Waals surface area (Å²) in [7, 11) is 3.12. The predicted molar refractivity (Wildman–Crippen MR) is 111 cm³/mol. The fourth-order valence-electron chi connectivity index (χ4n) is 5.49. The number of piperidine rings is 1. The Balaban J connectivity index is 1.54. The van der Waals surface area contributed by atoms with E-state index in [4.69, 9.17) is 9.47 Å². The third-order valence-corrected chi connectivity index (χ3v) is 7.00. The summed E-state index contributed by atoms with van der Waals surface area (Å²) in [6.07, 6.45) is 8.77. The lowest BCUT2D eigenvalue weighted by Gasteiger charge is -2.28. The average molecular weight is 401 g/mol. The molecule has 158 valence electrons. The summed E-state index contributed by atoms with van der Waals surface area (Å²) in [6.45, 7) is 1.51. The number of hydrogen-bond acceptors (Lipinski definition) is 4. The molecule has 1 aliphatic heterocycles. The molecular formula is C23H32N2O4. The molecule has 3 fully saturated rings. The lowest BCUT2D eigenvalue weighted by molar-refractivity contribution is -0.117. The first-order chi connectivity index (χ1) is 14.1. The van der Waals surface area contributed by atoms with Crippen molar-refractivity contribution in [3.8, 4) is 11.5 Å². The van der Waals surface area contributed by atoms with Gasteiger partial charge in [0, 0.05) is 25.6 Å². The Morgan fingerprint density at radius 3 is 2.38 bits per heavy atom. The topological polar surface area (TPSA) is 67.9 Å². The number of likely N-dealkylation sites (tertiary alicyclic amines) is 1. The van der Waals surface area contributed by atoms with Gasteiger partial charge < -0.3 is 19.7 Å². The molecule has 3 unspecified atom stereocenters. The van der Waals surface area contributed by atoms with Gasteiger partial charge in [0.25, 0.3) is 5.91 Å². The van der Waals surface area contributed by atoms with Crippen LogP contribution in [0.3, 0.4) is 0 Å². The minimum absolute atomic E-state index is 0.0116. The summed E-state index contributed by atoms with van der Waals surface area (Å²) in [5.41, 5.74) is 0.997. The molecule has 1 N–H and O–H groups in total. The Bertz CT molecular complexity index is 772. The van der Waals surface area contributed by atoms with Gasteiger partial charge in [-0.25, -0.2) is 0 Å². The summed E-state index contributed by atoms with van der Waals surface area (Å²) in [5, 5.41) is 3.02. The van der Waals surface area contributed by atoms with Gasteiger partial charge in [-0.1, -0.05) is 6.42 Å². The number of carbonyl (C=O) groups excluding carboxylic acids is 2. The summed E-state index contributed by atoms with van der Waals surface area (Å²) >= 11 is 0. The molecule has 0 spiro atoms. The second kappa shape index (κ2) is 8.64. The van der Waals surface area contributed by atoms with Gasteiger partial charge >= 0.3 is 0 Å². The molecule has 1 saturated heterocycles. The molecule has 3 aliphatic rings. The van der Waals surface area contributed by atoms with E-state index in [2.05, 4.69) is 5.32 Å². The molecule has 0 aromatic heterocycles. The van der Waals surface area contributed by atoms with Crippen LogP contribution in [0, 0.1) is 17.8 Å². The second-order valence-electron chi connectivity index (χ2n) is 8.79. The standard InChI is InChI=1S/C23H32N2O4/c1-28-20-13-18(23(27)25-8-4-3-5-9-25)19(14-21(20)29-2)24-22(26)12-17-11-15-6-7-16(17)10-15/h13-17H,3-12H2,1-2H3,(H,24,26). The minimum atomic E-state index is -0.0547. The van der Waals surface area contributed by atoms with Crippen LogP contribution in [0.5, 0.6) is 11.5 Å². The van der Waals surface area contributed by atoms with E-state index in [0.717, 1.165) is 38.3 Å². The Morgan fingerprint density at radius 2 is 1.76 bits per heavy atom. The number of rotatable bonds is 6. The van der Waals surface area contributed by atoms with Crippen molar-refractivity contribution in [2.75, 3.05) is 32.6 Å². The number of hydrogen-bond donors (Lipinski definition) is 1. The van der Waals surface area contributed by atoms with Crippen molar-refractivity contribution in [1.29, 1.82) is 0 Å². The van der Waals surface area contributed by atoms with E-state index >= 15 is 0 Å². The summed E-state index contributed by atoms with van der Waals surface area (Å²) in [6, 6.07) is 3.41. The fraction of sp³-hybridized carbons (Fsp3) is 0.652. The zero-order chi connectivity index (χ0) is 20.4. The maximum atomic E-state index is 13.2. The van der Waals surface area contributed by atoms with E-state index < -0.39 is 0 Å². The number of nitrogens with one attached hydrogen (secondary N) is 1. The molecule has 4 rings (SSSR count). The number of amides is 2. The third kappa shape index (κ3) is 4.21. The lowest BCUT2D eigenvalue weighted by Crippen LogP contribution is -2.36. The summed E-state index contributed by atoms with van der Waals surface area (Å²) in [4.78, 5) is 27.9. The van der Waals surface area contributed by atoms with E-state index in [1.54, 1.807) is 26.4 Å². The molecule has 29 heavy (non-hydrogen) atoms. The highest BCUT2D eigenvalue weighted by atomic mass is 16.5. The monoisotopic (exact) mass is 400 g/mol. The molecule has 2 aliphatic carbocycles. The van der Waals surface area contributed by atoms with Gasteiger partial charge in [-0.2, -0.15) is 0 Å². The lowest BCUT2D eigenvalue weighted by atomic mass is 9.86. The smallest absolute Gasteiger partial charge is 0.256 e. The van der Waals surface area contributed by atoms with Gasteiger partial charge in [-0.3, -0.25) is 9.59 Å². The molecule has 2 amide bonds. The number of carbonyl (C=O) groups is 2. The predicted octanol–water partition coefficient (Wildman–Crippen LogP) is 4.09. The van der Waals surface area contributed by atoms with Gasteiger partial charge in [-0.15, -0.1) is 0 Å². The van der Waals surface area contributed by atoms with Crippen molar-refractivity contribution in [2.24, 2.45) is 17.8 Å². The van der Waals surface area contributed by atoms with Gasteiger partial charge in [0.1, 0.15) is 0 Å². The van der Waals surface area contributed by atoms with Crippen molar-refractivity contribution in [2.45, 2.75) is 51.4 Å². The van der Waals surface area contributed by atoms with Crippen molar-refractivity contribution in [1.82, 2.24) is 4.90 Å². The number of nitrogens with zero attached hydrogens (tertiary/aromatic N) is 1. The average Bonchev–Trinajstić information content (AvgIpc) is 3.36. The molecule has 6 heteroatoms. The van der Waals surface area contributed by atoms with E-state index in [-0.39, 0.29) is 11.8 Å². The molecule has 2 bridgehead atoms. The maximum Gasteiger partial charge on any atom is 0.256 e. The van der Waals surface area contributed by atoms with Crippen LogP contribution in [-0.2, 0) is 4.79 Å². The highest BCUT2D eigenvalue weighted by molar-refractivity contribution is 6.04. The van der Waals surface area contributed by atoms with Crippen LogP contribution in [0.25, 0.3) is 0 Å². The second-order valence-corrected chi connectivity index (χ2v) is 8.79. The first-order valence-corrected chi connectivity index (χ1v) is 10.9. The normalized spacial score (nSPS) is 25.7. The molecule has 1 aromatic rings. The van der Waals surface area contributed by atoms with Crippen LogP contribution in [0.2, 0.25) is 0 Å². The molecular weight excluding hydrogens is 368 g/mol. The quantitative estimate of drug-likeness (QED) is 0.781. The fourth-order valence-corrected chi connectivity index (χ4v) is 5.49.